The predicted octanol–water partition coefficient (Wildman–Crippen LogP) is 2.36. The molecule has 0 bridgehead atoms. The van der Waals surface area contributed by atoms with Crippen molar-refractivity contribution in [1.29, 1.82) is 0 Å². The van der Waals surface area contributed by atoms with E-state index in [0.717, 1.165) is 11.4 Å². The third kappa shape index (κ3) is 4.30. The fraction of sp³-hybridized carbons (Fsp3) is 0.280. The van der Waals surface area contributed by atoms with Gasteiger partial charge < -0.3 is 19.3 Å². The maximum atomic E-state index is 13.2. The summed E-state index contributed by atoms with van der Waals surface area (Å²) in [5, 5.41) is 8.66. The normalized spacial score (nSPS) is 13.6. The summed E-state index contributed by atoms with van der Waals surface area (Å²) in [6, 6.07) is 14.2. The molecule has 36 heavy (non-hydrogen) atoms. The zero-order valence-electron chi connectivity index (χ0n) is 20.0. The highest BCUT2D eigenvalue weighted by molar-refractivity contribution is 6.05. The number of amides is 1. The summed E-state index contributed by atoms with van der Waals surface area (Å²) in [4.78, 5) is 37.9. The lowest BCUT2D eigenvalue weighted by atomic mass is 10.1. The van der Waals surface area contributed by atoms with E-state index in [1.165, 1.54) is 13.4 Å². The van der Waals surface area contributed by atoms with Gasteiger partial charge in [0.2, 0.25) is 0 Å². The molecule has 4 aromatic rings. The first kappa shape index (κ1) is 23.2. The summed E-state index contributed by atoms with van der Waals surface area (Å²) in [6.07, 6.45) is 1.50. The van der Waals surface area contributed by atoms with Gasteiger partial charge in [-0.1, -0.05) is 17.3 Å². The number of rotatable bonds is 6. The molecule has 1 saturated heterocycles. The Hall–Kier alpha value is -4.54. The summed E-state index contributed by atoms with van der Waals surface area (Å²) < 4.78 is 12.0. The van der Waals surface area contributed by atoms with Gasteiger partial charge in [0.15, 0.2) is 17.0 Å². The minimum Gasteiger partial charge on any atom is -0.494 e. The molecular weight excluding hydrogens is 462 g/mol. The maximum Gasteiger partial charge on any atom is 0.338 e. The van der Waals surface area contributed by atoms with Gasteiger partial charge >= 0.3 is 5.97 Å². The molecule has 0 atom stereocenters. The molecule has 0 saturated carbocycles. The first-order valence-electron chi connectivity index (χ1n) is 11.6. The van der Waals surface area contributed by atoms with E-state index in [2.05, 4.69) is 25.2 Å². The third-order valence-corrected chi connectivity index (χ3v) is 6.04. The minimum absolute atomic E-state index is 0.204. The van der Waals surface area contributed by atoms with Crippen molar-refractivity contribution < 1.29 is 19.1 Å². The molecular formula is C25H25N7O4. The van der Waals surface area contributed by atoms with E-state index in [0.29, 0.717) is 55.3 Å². The third-order valence-electron chi connectivity index (χ3n) is 6.04. The number of piperazine rings is 1. The lowest BCUT2D eigenvalue weighted by Gasteiger charge is -2.35. The van der Waals surface area contributed by atoms with Gasteiger partial charge in [-0.25, -0.2) is 14.8 Å². The molecule has 5 rings (SSSR count). The number of carbonyl (C=O) groups is 2. The second-order valence-electron chi connectivity index (χ2n) is 8.11. The Morgan fingerprint density at radius 2 is 1.67 bits per heavy atom. The van der Waals surface area contributed by atoms with Gasteiger partial charge in [-0.05, 0) is 43.3 Å². The van der Waals surface area contributed by atoms with E-state index in [9.17, 15) is 9.59 Å². The molecule has 11 nitrogen and oxygen atoms in total. The lowest BCUT2D eigenvalue weighted by molar-refractivity contribution is 0.0589. The molecule has 184 valence electrons. The van der Waals surface area contributed by atoms with Crippen molar-refractivity contribution in [2.24, 2.45) is 0 Å². The Morgan fingerprint density at radius 1 is 0.944 bits per heavy atom. The van der Waals surface area contributed by atoms with Crippen LogP contribution in [0.4, 0.5) is 5.82 Å². The van der Waals surface area contributed by atoms with Gasteiger partial charge in [-0.3, -0.25) is 4.79 Å². The summed E-state index contributed by atoms with van der Waals surface area (Å²) in [6.45, 7) is 4.56. The summed E-state index contributed by atoms with van der Waals surface area (Å²) in [5.41, 5.74) is 2.58. The van der Waals surface area contributed by atoms with Crippen molar-refractivity contribution in [3.63, 3.8) is 0 Å². The van der Waals surface area contributed by atoms with Crippen LogP contribution in [0.25, 0.3) is 16.9 Å². The number of anilines is 1. The fourth-order valence-electron chi connectivity index (χ4n) is 4.24. The minimum atomic E-state index is -0.531. The fourth-order valence-corrected chi connectivity index (χ4v) is 4.24. The second-order valence-corrected chi connectivity index (χ2v) is 8.11. The van der Waals surface area contributed by atoms with Crippen molar-refractivity contribution in [2.45, 2.75) is 6.92 Å². The predicted molar refractivity (Wildman–Crippen MR) is 132 cm³/mol. The number of benzene rings is 2. The quantitative estimate of drug-likeness (QED) is 0.378. The first-order chi connectivity index (χ1) is 17.6. The topological polar surface area (TPSA) is 116 Å². The molecule has 11 heteroatoms. The molecule has 1 amide bonds. The standard InChI is InChI=1S/C25H25N7O4/c1-3-36-18-10-8-17(9-11-18)32-23-21(28-29-32)22(26-16-27-23)30-12-14-31(15-13-30)24(33)19-6-4-5-7-20(19)25(34)35-2/h4-11,16H,3,12-15H2,1-2H3. The van der Waals surface area contributed by atoms with Crippen molar-refractivity contribution in [1.82, 2.24) is 29.9 Å². The number of hydrogen-bond acceptors (Lipinski definition) is 9. The van der Waals surface area contributed by atoms with Crippen LogP contribution in [0.1, 0.15) is 27.6 Å². The highest BCUT2D eigenvalue weighted by atomic mass is 16.5. The number of esters is 1. The number of aromatic nitrogens is 5. The van der Waals surface area contributed by atoms with E-state index in [1.54, 1.807) is 33.8 Å². The van der Waals surface area contributed by atoms with Gasteiger partial charge in [-0.2, -0.15) is 4.68 Å². The summed E-state index contributed by atoms with van der Waals surface area (Å²) >= 11 is 0. The molecule has 0 unspecified atom stereocenters. The zero-order valence-corrected chi connectivity index (χ0v) is 20.0. The molecule has 0 spiro atoms. The van der Waals surface area contributed by atoms with Crippen molar-refractivity contribution in [3.05, 3.63) is 66.0 Å². The highest BCUT2D eigenvalue weighted by Crippen LogP contribution is 2.25. The molecule has 0 aliphatic carbocycles. The SMILES string of the molecule is CCOc1ccc(-n2nnc3c(N4CCN(C(=O)c5ccccc5C(=O)OC)CC4)ncnc32)cc1. The second kappa shape index (κ2) is 9.98. The number of fused-ring (bicyclic) bond motifs is 1. The molecule has 0 N–H and O–H groups in total. The van der Waals surface area contributed by atoms with Crippen LogP contribution < -0.4 is 9.64 Å². The van der Waals surface area contributed by atoms with Crippen LogP contribution in [0, 0.1) is 0 Å². The average Bonchev–Trinajstić information content (AvgIpc) is 3.37. The number of ether oxygens (including phenoxy) is 2. The Labute approximate surface area is 207 Å². The number of carbonyl (C=O) groups excluding carboxylic acids is 2. The van der Waals surface area contributed by atoms with Gasteiger partial charge in [0.05, 0.1) is 30.5 Å². The van der Waals surface area contributed by atoms with Gasteiger partial charge in [0.25, 0.3) is 5.91 Å². The molecule has 2 aromatic heterocycles. The van der Waals surface area contributed by atoms with Gasteiger partial charge in [-0.15, -0.1) is 5.10 Å². The van der Waals surface area contributed by atoms with Crippen molar-refractivity contribution in [2.75, 3.05) is 44.8 Å². The van der Waals surface area contributed by atoms with E-state index >= 15 is 0 Å². The van der Waals surface area contributed by atoms with E-state index in [4.69, 9.17) is 9.47 Å². The number of nitrogens with zero attached hydrogens (tertiary/aromatic N) is 7. The van der Waals surface area contributed by atoms with Crippen LogP contribution in [0.5, 0.6) is 5.75 Å². The Balaban J connectivity index is 1.34. The van der Waals surface area contributed by atoms with Crippen LogP contribution in [-0.4, -0.2) is 81.6 Å². The van der Waals surface area contributed by atoms with E-state index in [1.807, 2.05) is 31.2 Å². The molecule has 1 fully saturated rings. The molecule has 1 aliphatic rings. The van der Waals surface area contributed by atoms with Crippen LogP contribution in [0.3, 0.4) is 0 Å². The van der Waals surface area contributed by atoms with Crippen LogP contribution >= 0.6 is 0 Å². The largest absolute Gasteiger partial charge is 0.494 e. The highest BCUT2D eigenvalue weighted by Gasteiger charge is 2.27. The average molecular weight is 488 g/mol. The monoisotopic (exact) mass is 487 g/mol. The Morgan fingerprint density at radius 3 is 2.36 bits per heavy atom. The number of hydrogen-bond donors (Lipinski definition) is 0. The lowest BCUT2D eigenvalue weighted by Crippen LogP contribution is -2.49. The van der Waals surface area contributed by atoms with Gasteiger partial charge in [0, 0.05) is 26.2 Å². The first-order valence-corrected chi connectivity index (χ1v) is 11.6. The van der Waals surface area contributed by atoms with Crippen molar-refractivity contribution >= 4 is 28.9 Å². The molecule has 0 radical (unpaired) electrons. The van der Waals surface area contributed by atoms with E-state index in [-0.39, 0.29) is 11.5 Å². The van der Waals surface area contributed by atoms with Crippen LogP contribution in [0.15, 0.2) is 54.9 Å². The van der Waals surface area contributed by atoms with E-state index < -0.39 is 5.97 Å². The molecule has 2 aromatic carbocycles. The number of methoxy groups -OCH3 is 1. The van der Waals surface area contributed by atoms with Gasteiger partial charge in [0.1, 0.15) is 12.1 Å². The Bertz CT molecular complexity index is 1400. The summed E-state index contributed by atoms with van der Waals surface area (Å²) in [7, 11) is 1.30. The maximum absolute atomic E-state index is 13.2. The molecule has 1 aliphatic heterocycles. The Kier molecular flexibility index (Phi) is 6.44. The van der Waals surface area contributed by atoms with Crippen molar-refractivity contribution in [3.8, 4) is 11.4 Å². The zero-order chi connectivity index (χ0) is 25.1. The van der Waals surface area contributed by atoms with Crippen LogP contribution in [-0.2, 0) is 4.74 Å². The summed E-state index contributed by atoms with van der Waals surface area (Å²) in [5.74, 6) is 0.711. The van der Waals surface area contributed by atoms with Crippen LogP contribution in [0.2, 0.25) is 0 Å². The molecule has 3 heterocycles. The smallest absolute Gasteiger partial charge is 0.338 e.